The van der Waals surface area contributed by atoms with Gasteiger partial charge in [-0.2, -0.15) is 0 Å². The largest absolute Gasteiger partial charge is 0.299 e. The molecule has 0 unspecified atom stereocenters. The quantitative estimate of drug-likeness (QED) is 0.551. The highest BCUT2D eigenvalue weighted by atomic mass is 16.1. The third-order valence-electron chi connectivity index (χ3n) is 2.56. The van der Waals surface area contributed by atoms with E-state index in [1.807, 2.05) is 0 Å². The van der Waals surface area contributed by atoms with Gasteiger partial charge in [-0.25, -0.2) is 0 Å². The molecule has 0 atom stereocenters. The van der Waals surface area contributed by atoms with Gasteiger partial charge in [0.25, 0.3) is 0 Å². The highest BCUT2D eigenvalue weighted by molar-refractivity contribution is 5.82. The Hall–Kier alpha value is -0.330. The second-order valence-corrected chi connectivity index (χ2v) is 3.32. The Morgan fingerprint density at radius 2 is 1.90 bits per heavy atom. The Labute approximate surface area is 65.2 Å². The van der Waals surface area contributed by atoms with Crippen LogP contribution < -0.4 is 0 Å². The predicted octanol–water partition coefficient (Wildman–Crippen LogP) is 2.79. The molecule has 1 aliphatic rings. The normalized spacial score (nSPS) is 22.5. The summed E-state index contributed by atoms with van der Waals surface area (Å²) in [6.07, 6.45) is 4.72. The third-order valence-corrected chi connectivity index (χ3v) is 2.56. The first-order valence-corrected chi connectivity index (χ1v) is 3.66. The lowest BCUT2D eigenvalue weighted by atomic mass is 9.85. The Balaban J connectivity index is 0.000000461. The van der Waals surface area contributed by atoms with Crippen LogP contribution in [0.5, 0.6) is 0 Å². The highest BCUT2D eigenvalue weighted by Gasteiger charge is 2.32. The molecule has 10 heavy (non-hydrogen) atoms. The minimum absolute atomic E-state index is 0.0556. The van der Waals surface area contributed by atoms with Gasteiger partial charge in [0.2, 0.25) is 0 Å². The van der Waals surface area contributed by atoms with Gasteiger partial charge in [0, 0.05) is 6.79 Å². The van der Waals surface area contributed by atoms with Crippen LogP contribution in [-0.4, -0.2) is 5.78 Å². The topological polar surface area (TPSA) is 17.1 Å². The van der Waals surface area contributed by atoms with E-state index in [1.165, 1.54) is 20.2 Å². The molecule has 1 aliphatic carbocycles. The van der Waals surface area contributed by atoms with E-state index in [1.54, 1.807) is 6.92 Å². The SMILES string of the molecule is CC(=O)C1(C)CCCC1.[2H]C. The summed E-state index contributed by atoms with van der Waals surface area (Å²) >= 11 is 0. The molecule has 0 aromatic carbocycles. The fourth-order valence-electron chi connectivity index (χ4n) is 1.51. The molecule has 0 amide bonds. The predicted molar refractivity (Wildman–Crippen MR) is 44.0 cm³/mol. The lowest BCUT2D eigenvalue weighted by molar-refractivity contribution is -0.125. The molecule has 60 valence electrons. The Morgan fingerprint density at radius 1 is 1.50 bits per heavy atom. The van der Waals surface area contributed by atoms with Crippen LogP contribution in [0.3, 0.4) is 0 Å². The summed E-state index contributed by atoms with van der Waals surface area (Å²) in [6.45, 7) is 3.80. The monoisotopic (exact) mass is 143 g/mol. The molecule has 1 rings (SSSR count). The van der Waals surface area contributed by atoms with Crippen LogP contribution in [0.15, 0.2) is 0 Å². The number of carbonyl (C=O) groups excluding carboxylic acids is 1. The molecule has 0 bridgehead atoms. The summed E-state index contributed by atoms with van der Waals surface area (Å²) in [5, 5.41) is 0. The Morgan fingerprint density at radius 3 is 2.10 bits per heavy atom. The molecular formula is C9H18O. The summed E-state index contributed by atoms with van der Waals surface area (Å²) < 4.78 is 5.75. The van der Waals surface area contributed by atoms with Crippen molar-refractivity contribution >= 4 is 5.78 Å². The van der Waals surface area contributed by atoms with Gasteiger partial charge < -0.3 is 0 Å². The van der Waals surface area contributed by atoms with E-state index in [9.17, 15) is 4.79 Å². The third kappa shape index (κ3) is 1.59. The molecule has 0 saturated heterocycles. The second kappa shape index (κ2) is 3.18. The summed E-state index contributed by atoms with van der Waals surface area (Å²) in [4.78, 5) is 11.0. The molecule has 0 aromatic rings. The van der Waals surface area contributed by atoms with Crippen molar-refractivity contribution in [2.75, 3.05) is 0 Å². The molecule has 0 radical (unpaired) electrons. The van der Waals surface area contributed by atoms with Crippen LogP contribution in [0.4, 0.5) is 0 Å². The van der Waals surface area contributed by atoms with E-state index < -0.39 is 0 Å². The molecular weight excluding hydrogens is 124 g/mol. The van der Waals surface area contributed by atoms with Gasteiger partial charge in [-0.05, 0) is 19.8 Å². The number of hydrogen-bond donors (Lipinski definition) is 0. The van der Waals surface area contributed by atoms with Crippen molar-refractivity contribution in [2.24, 2.45) is 5.41 Å². The minimum atomic E-state index is 0.0556. The fourth-order valence-corrected chi connectivity index (χ4v) is 1.51. The average Bonchev–Trinajstić information content (AvgIpc) is 2.42. The zero-order valence-corrected chi connectivity index (χ0v) is 7.24. The lowest BCUT2D eigenvalue weighted by Crippen LogP contribution is -2.20. The first-order chi connectivity index (χ1) is 5.15. The van der Waals surface area contributed by atoms with E-state index in [4.69, 9.17) is 1.37 Å². The zero-order valence-electron chi connectivity index (χ0n) is 8.24. The maximum absolute atomic E-state index is 11.0. The average molecular weight is 143 g/mol. The van der Waals surface area contributed by atoms with Crippen LogP contribution in [0.25, 0.3) is 0 Å². The van der Waals surface area contributed by atoms with Crippen LogP contribution >= 0.6 is 0 Å². The van der Waals surface area contributed by atoms with E-state index in [-0.39, 0.29) is 5.41 Å². The van der Waals surface area contributed by atoms with Crippen LogP contribution in [-0.2, 0) is 4.79 Å². The van der Waals surface area contributed by atoms with Gasteiger partial charge in [0.15, 0.2) is 0 Å². The summed E-state index contributed by atoms with van der Waals surface area (Å²) in [5.41, 5.74) is 0.0556. The van der Waals surface area contributed by atoms with Gasteiger partial charge in [-0.15, -0.1) is 0 Å². The van der Waals surface area contributed by atoms with E-state index >= 15 is 0 Å². The Bertz CT molecular complexity index is 126. The Kier molecular flexibility index (Phi) is 2.47. The van der Waals surface area contributed by atoms with E-state index in [0.717, 1.165) is 12.8 Å². The highest BCUT2D eigenvalue weighted by Crippen LogP contribution is 2.37. The molecule has 0 heterocycles. The number of Topliss-reactive ketones (excluding diaryl/α,β-unsaturated/α-hetero) is 1. The summed E-state index contributed by atoms with van der Waals surface area (Å²) in [6, 6.07) is 0. The molecule has 1 fully saturated rings. The van der Waals surface area contributed by atoms with Gasteiger partial charge in [0.1, 0.15) is 5.78 Å². The van der Waals surface area contributed by atoms with Crippen LogP contribution in [0.2, 0.25) is 0 Å². The summed E-state index contributed by atoms with van der Waals surface area (Å²) in [5.74, 6) is 0.375. The van der Waals surface area contributed by atoms with Crippen LogP contribution in [0, 0.1) is 5.41 Å². The minimum Gasteiger partial charge on any atom is -0.299 e. The fraction of sp³-hybridized carbons (Fsp3) is 0.889. The maximum atomic E-state index is 11.0. The second-order valence-electron chi connectivity index (χ2n) is 3.32. The zero-order chi connectivity index (χ0) is 8.91. The van der Waals surface area contributed by atoms with Gasteiger partial charge in [-0.3, -0.25) is 4.79 Å². The number of ketones is 1. The lowest BCUT2D eigenvalue weighted by Gasteiger charge is -2.18. The van der Waals surface area contributed by atoms with Crippen molar-refractivity contribution < 1.29 is 6.17 Å². The molecule has 0 spiro atoms. The molecule has 1 nitrogen and oxygen atoms in total. The van der Waals surface area contributed by atoms with Crippen molar-refractivity contribution in [3.05, 3.63) is 0 Å². The van der Waals surface area contributed by atoms with E-state index in [0.29, 0.717) is 5.78 Å². The molecule has 0 N–H and O–H groups in total. The number of hydrogen-bond acceptors (Lipinski definition) is 1. The van der Waals surface area contributed by atoms with Crippen molar-refractivity contribution in [3.63, 3.8) is 0 Å². The molecule has 0 aliphatic heterocycles. The van der Waals surface area contributed by atoms with Gasteiger partial charge >= 0.3 is 0 Å². The van der Waals surface area contributed by atoms with Gasteiger partial charge in [-0.1, -0.05) is 27.2 Å². The van der Waals surface area contributed by atoms with Crippen molar-refractivity contribution in [2.45, 2.75) is 46.9 Å². The maximum Gasteiger partial charge on any atom is 0.135 e. The van der Waals surface area contributed by atoms with Gasteiger partial charge in [0.05, 0.1) is 0 Å². The number of carbonyl (C=O) groups is 1. The molecule has 1 heteroatoms. The van der Waals surface area contributed by atoms with Crippen molar-refractivity contribution in [1.29, 1.82) is 0 Å². The van der Waals surface area contributed by atoms with E-state index in [2.05, 4.69) is 6.92 Å². The first kappa shape index (κ1) is 7.77. The standard InChI is InChI=1S/C8H14O.CH4/c1-7(9)8(2)5-3-4-6-8;/h3-6H2,1-2H3;1H4/i;1D. The van der Waals surface area contributed by atoms with Crippen LogP contribution in [0.1, 0.15) is 48.3 Å². The molecule has 0 aromatic heterocycles. The van der Waals surface area contributed by atoms with Crippen molar-refractivity contribution in [3.8, 4) is 0 Å². The molecule has 1 saturated carbocycles. The first-order valence-electron chi connectivity index (χ1n) is 4.66. The number of rotatable bonds is 1. The van der Waals surface area contributed by atoms with Crippen molar-refractivity contribution in [1.82, 2.24) is 0 Å². The smallest absolute Gasteiger partial charge is 0.135 e. The summed E-state index contributed by atoms with van der Waals surface area (Å²) in [7, 11) is 1.25.